The lowest BCUT2D eigenvalue weighted by molar-refractivity contribution is -0.00624. The van der Waals surface area contributed by atoms with Crippen molar-refractivity contribution < 1.29 is 0 Å². The Kier molecular flexibility index (Phi) is 4.83. The van der Waals surface area contributed by atoms with E-state index in [4.69, 9.17) is 0 Å². The Morgan fingerprint density at radius 1 is 1.12 bits per heavy atom. The highest BCUT2D eigenvalue weighted by molar-refractivity contribution is 4.83. The third-order valence-corrected chi connectivity index (χ3v) is 4.22. The number of nitrogens with zero attached hydrogens (tertiary/aromatic N) is 2. The Balaban J connectivity index is 2.01. The molecule has 17 heavy (non-hydrogen) atoms. The molecule has 0 aromatic carbocycles. The molecule has 2 fully saturated rings. The van der Waals surface area contributed by atoms with Crippen molar-refractivity contribution in [1.82, 2.24) is 15.1 Å². The predicted molar refractivity (Wildman–Crippen MR) is 73.1 cm³/mol. The second kappa shape index (κ2) is 6.17. The van der Waals surface area contributed by atoms with Crippen molar-refractivity contribution in [2.75, 3.05) is 26.2 Å². The van der Waals surface area contributed by atoms with Gasteiger partial charge in [0, 0.05) is 25.2 Å². The molecule has 2 heterocycles. The lowest BCUT2D eigenvalue weighted by Gasteiger charge is -2.45. The minimum Gasteiger partial charge on any atom is -0.313 e. The second-order valence-corrected chi connectivity index (χ2v) is 6.01. The van der Waals surface area contributed by atoms with Gasteiger partial charge in [-0.2, -0.15) is 0 Å². The van der Waals surface area contributed by atoms with Crippen LogP contribution in [0.1, 0.15) is 46.5 Å². The van der Waals surface area contributed by atoms with E-state index >= 15 is 0 Å². The molecule has 3 heteroatoms. The molecule has 2 aliphatic rings. The molecule has 1 N–H and O–H groups in total. The normalized spacial score (nSPS) is 33.9. The van der Waals surface area contributed by atoms with Crippen molar-refractivity contribution in [3.63, 3.8) is 0 Å². The number of hydrogen-bond donors (Lipinski definition) is 1. The quantitative estimate of drug-likeness (QED) is 0.794. The summed E-state index contributed by atoms with van der Waals surface area (Å²) >= 11 is 0. The van der Waals surface area contributed by atoms with Crippen LogP contribution < -0.4 is 5.32 Å². The highest BCUT2D eigenvalue weighted by atomic mass is 15.4. The zero-order chi connectivity index (χ0) is 12.3. The van der Waals surface area contributed by atoms with Crippen LogP contribution in [0.2, 0.25) is 0 Å². The number of piperidine rings is 1. The van der Waals surface area contributed by atoms with Gasteiger partial charge in [0.15, 0.2) is 0 Å². The maximum absolute atomic E-state index is 3.60. The van der Waals surface area contributed by atoms with Crippen LogP contribution in [-0.2, 0) is 0 Å². The van der Waals surface area contributed by atoms with Crippen LogP contribution in [0.15, 0.2) is 0 Å². The van der Waals surface area contributed by atoms with Gasteiger partial charge in [-0.25, -0.2) is 0 Å². The molecule has 2 atom stereocenters. The van der Waals surface area contributed by atoms with Gasteiger partial charge in [-0.3, -0.25) is 9.80 Å². The zero-order valence-corrected chi connectivity index (χ0v) is 11.8. The van der Waals surface area contributed by atoms with Crippen molar-refractivity contribution in [3.8, 4) is 0 Å². The van der Waals surface area contributed by atoms with Gasteiger partial charge in [-0.1, -0.05) is 0 Å². The SMILES string of the molecule is CC1CN(C2CCCCN2C(C)C)CCCN1. The molecular formula is C14H29N3. The molecule has 2 aliphatic heterocycles. The van der Waals surface area contributed by atoms with E-state index in [0.717, 1.165) is 0 Å². The van der Waals surface area contributed by atoms with Gasteiger partial charge in [0.25, 0.3) is 0 Å². The van der Waals surface area contributed by atoms with E-state index in [-0.39, 0.29) is 0 Å². The van der Waals surface area contributed by atoms with Gasteiger partial charge in [-0.05, 0) is 59.5 Å². The van der Waals surface area contributed by atoms with Crippen LogP contribution in [0.5, 0.6) is 0 Å². The lowest BCUT2D eigenvalue weighted by Crippen LogP contribution is -2.55. The van der Waals surface area contributed by atoms with Crippen LogP contribution in [0.3, 0.4) is 0 Å². The molecular weight excluding hydrogens is 210 g/mol. The Morgan fingerprint density at radius 3 is 2.71 bits per heavy atom. The number of nitrogens with one attached hydrogen (secondary N) is 1. The largest absolute Gasteiger partial charge is 0.313 e. The van der Waals surface area contributed by atoms with Gasteiger partial charge in [0.2, 0.25) is 0 Å². The molecule has 2 saturated heterocycles. The molecule has 0 saturated carbocycles. The topological polar surface area (TPSA) is 18.5 Å². The van der Waals surface area contributed by atoms with Gasteiger partial charge >= 0.3 is 0 Å². The van der Waals surface area contributed by atoms with E-state index < -0.39 is 0 Å². The number of rotatable bonds is 2. The van der Waals surface area contributed by atoms with E-state index in [1.54, 1.807) is 0 Å². The molecule has 0 aliphatic carbocycles. The molecule has 0 aromatic rings. The lowest BCUT2D eigenvalue weighted by atomic mass is 10.0. The van der Waals surface area contributed by atoms with Crippen molar-refractivity contribution in [2.45, 2.75) is 64.7 Å². The third-order valence-electron chi connectivity index (χ3n) is 4.22. The van der Waals surface area contributed by atoms with Crippen molar-refractivity contribution in [2.24, 2.45) is 0 Å². The van der Waals surface area contributed by atoms with Gasteiger partial charge in [0.05, 0.1) is 6.17 Å². The van der Waals surface area contributed by atoms with E-state index in [0.29, 0.717) is 18.2 Å². The average Bonchev–Trinajstić information content (AvgIpc) is 2.54. The van der Waals surface area contributed by atoms with Crippen LogP contribution >= 0.6 is 0 Å². The molecule has 2 rings (SSSR count). The fourth-order valence-electron chi connectivity index (χ4n) is 3.34. The Hall–Kier alpha value is -0.120. The van der Waals surface area contributed by atoms with Crippen LogP contribution in [-0.4, -0.2) is 54.2 Å². The van der Waals surface area contributed by atoms with E-state index in [2.05, 4.69) is 35.9 Å². The number of hydrogen-bond acceptors (Lipinski definition) is 3. The Labute approximate surface area is 107 Å². The molecule has 0 radical (unpaired) electrons. The first-order valence-corrected chi connectivity index (χ1v) is 7.41. The monoisotopic (exact) mass is 239 g/mol. The third kappa shape index (κ3) is 3.43. The molecule has 0 amide bonds. The van der Waals surface area contributed by atoms with Gasteiger partial charge in [0.1, 0.15) is 0 Å². The predicted octanol–water partition coefficient (Wildman–Crippen LogP) is 1.89. The molecule has 0 aromatic heterocycles. The summed E-state index contributed by atoms with van der Waals surface area (Å²) in [5.74, 6) is 0. The molecule has 3 nitrogen and oxygen atoms in total. The maximum atomic E-state index is 3.60. The fraction of sp³-hybridized carbons (Fsp3) is 1.00. The summed E-state index contributed by atoms with van der Waals surface area (Å²) in [5.41, 5.74) is 0. The first-order chi connectivity index (χ1) is 8.18. The van der Waals surface area contributed by atoms with E-state index in [1.807, 2.05) is 0 Å². The van der Waals surface area contributed by atoms with Crippen LogP contribution in [0.4, 0.5) is 0 Å². The highest BCUT2D eigenvalue weighted by Gasteiger charge is 2.30. The van der Waals surface area contributed by atoms with Crippen molar-refractivity contribution in [3.05, 3.63) is 0 Å². The summed E-state index contributed by atoms with van der Waals surface area (Å²) in [6.07, 6.45) is 6.16. The smallest absolute Gasteiger partial charge is 0.0625 e. The minimum atomic E-state index is 0.647. The second-order valence-electron chi connectivity index (χ2n) is 6.01. The summed E-state index contributed by atoms with van der Waals surface area (Å²) in [5, 5.41) is 3.60. The number of likely N-dealkylation sites (tertiary alicyclic amines) is 1. The zero-order valence-electron chi connectivity index (χ0n) is 11.8. The van der Waals surface area contributed by atoms with Crippen molar-refractivity contribution in [1.29, 1.82) is 0 Å². The maximum Gasteiger partial charge on any atom is 0.0625 e. The highest BCUT2D eigenvalue weighted by Crippen LogP contribution is 2.23. The van der Waals surface area contributed by atoms with E-state index in [1.165, 1.54) is 51.9 Å². The molecule has 2 unspecified atom stereocenters. The van der Waals surface area contributed by atoms with Gasteiger partial charge in [-0.15, -0.1) is 0 Å². The first kappa shape index (κ1) is 13.3. The Bertz CT molecular complexity index is 230. The van der Waals surface area contributed by atoms with Crippen LogP contribution in [0.25, 0.3) is 0 Å². The molecule has 0 bridgehead atoms. The summed E-state index contributed by atoms with van der Waals surface area (Å²) in [4.78, 5) is 5.44. The summed E-state index contributed by atoms with van der Waals surface area (Å²) in [6.45, 7) is 12.0. The summed E-state index contributed by atoms with van der Waals surface area (Å²) in [6, 6.07) is 1.33. The van der Waals surface area contributed by atoms with Crippen molar-refractivity contribution >= 4 is 0 Å². The Morgan fingerprint density at radius 2 is 1.94 bits per heavy atom. The van der Waals surface area contributed by atoms with Gasteiger partial charge < -0.3 is 5.32 Å². The van der Waals surface area contributed by atoms with E-state index in [9.17, 15) is 0 Å². The fourth-order valence-corrected chi connectivity index (χ4v) is 3.34. The summed E-state index contributed by atoms with van der Waals surface area (Å²) in [7, 11) is 0. The van der Waals surface area contributed by atoms with Crippen LogP contribution in [0, 0.1) is 0 Å². The summed E-state index contributed by atoms with van der Waals surface area (Å²) < 4.78 is 0. The standard InChI is InChI=1S/C14H29N3/c1-12(2)17-10-5-4-7-14(17)16-9-6-8-15-13(3)11-16/h12-15H,4-11H2,1-3H3. The minimum absolute atomic E-state index is 0.647. The average molecular weight is 239 g/mol. The molecule has 100 valence electrons. The first-order valence-electron chi connectivity index (χ1n) is 7.41. The molecule has 0 spiro atoms.